The first-order valence-corrected chi connectivity index (χ1v) is 7.42. The van der Waals surface area contributed by atoms with Crippen LogP contribution in [0.2, 0.25) is 0 Å². The van der Waals surface area contributed by atoms with Crippen molar-refractivity contribution in [1.82, 2.24) is 10.6 Å². The van der Waals surface area contributed by atoms with E-state index in [0.717, 1.165) is 24.5 Å². The van der Waals surface area contributed by atoms with Crippen LogP contribution in [0, 0.1) is 12.7 Å². The molecule has 0 aromatic heterocycles. The van der Waals surface area contributed by atoms with Crippen LogP contribution in [-0.4, -0.2) is 19.6 Å². The van der Waals surface area contributed by atoms with Crippen LogP contribution in [0.3, 0.4) is 0 Å². The Morgan fingerprint density at radius 1 is 1.05 bits per heavy atom. The van der Waals surface area contributed by atoms with Crippen molar-refractivity contribution in [3.63, 3.8) is 0 Å². The first-order valence-electron chi connectivity index (χ1n) is 7.42. The van der Waals surface area contributed by atoms with Crippen molar-refractivity contribution in [3.05, 3.63) is 71.0 Å². The summed E-state index contributed by atoms with van der Waals surface area (Å²) in [5.74, 6) is 0.552. The molecule has 4 heteroatoms. The first kappa shape index (κ1) is 16.0. The van der Waals surface area contributed by atoms with Gasteiger partial charge in [-0.15, -0.1) is 0 Å². The summed E-state index contributed by atoms with van der Waals surface area (Å²) in [5, 5.41) is 6.50. The number of aryl methyl sites for hydroxylation is 1. The largest absolute Gasteiger partial charge is 0.356 e. The van der Waals surface area contributed by atoms with Gasteiger partial charge in [0.15, 0.2) is 5.96 Å². The highest BCUT2D eigenvalue weighted by Crippen LogP contribution is 2.04. The van der Waals surface area contributed by atoms with E-state index >= 15 is 0 Å². The molecular weight excluding hydrogens is 277 g/mol. The quantitative estimate of drug-likeness (QED) is 0.657. The highest BCUT2D eigenvalue weighted by atomic mass is 19.1. The lowest BCUT2D eigenvalue weighted by molar-refractivity contribution is 0.625. The van der Waals surface area contributed by atoms with Gasteiger partial charge in [0, 0.05) is 20.1 Å². The highest BCUT2D eigenvalue weighted by Gasteiger charge is 1.99. The second-order valence-electron chi connectivity index (χ2n) is 5.22. The first-order chi connectivity index (χ1) is 10.7. The molecule has 0 aliphatic rings. The highest BCUT2D eigenvalue weighted by molar-refractivity contribution is 5.79. The third-order valence-electron chi connectivity index (χ3n) is 3.40. The van der Waals surface area contributed by atoms with Gasteiger partial charge in [-0.2, -0.15) is 0 Å². The molecule has 0 bridgehead atoms. The lowest BCUT2D eigenvalue weighted by Crippen LogP contribution is -2.37. The van der Waals surface area contributed by atoms with Crippen LogP contribution >= 0.6 is 0 Å². The summed E-state index contributed by atoms with van der Waals surface area (Å²) in [4.78, 5) is 4.19. The molecule has 116 valence electrons. The zero-order valence-corrected chi connectivity index (χ0v) is 13.1. The van der Waals surface area contributed by atoms with Gasteiger partial charge >= 0.3 is 0 Å². The van der Waals surface area contributed by atoms with Gasteiger partial charge in [0.05, 0.1) is 0 Å². The number of guanidine groups is 1. The minimum absolute atomic E-state index is 0.195. The van der Waals surface area contributed by atoms with Crippen LogP contribution in [0.4, 0.5) is 4.39 Å². The normalized spacial score (nSPS) is 11.3. The molecule has 2 N–H and O–H groups in total. The number of aliphatic imine (C=N–C) groups is 1. The fourth-order valence-corrected chi connectivity index (χ4v) is 2.13. The Morgan fingerprint density at radius 3 is 2.50 bits per heavy atom. The Bertz CT molecular complexity index is 620. The van der Waals surface area contributed by atoms with Crippen LogP contribution in [0.5, 0.6) is 0 Å². The van der Waals surface area contributed by atoms with Gasteiger partial charge in [-0.3, -0.25) is 4.99 Å². The molecule has 0 saturated carbocycles. The van der Waals surface area contributed by atoms with Crippen molar-refractivity contribution in [1.29, 1.82) is 0 Å². The predicted octanol–water partition coefficient (Wildman–Crippen LogP) is 3.04. The number of hydrogen-bond donors (Lipinski definition) is 2. The lowest BCUT2D eigenvalue weighted by Gasteiger charge is -2.12. The number of nitrogens with zero attached hydrogens (tertiary/aromatic N) is 1. The fourth-order valence-electron chi connectivity index (χ4n) is 2.13. The maximum atomic E-state index is 13.1. The van der Waals surface area contributed by atoms with Crippen LogP contribution in [0.15, 0.2) is 53.5 Å². The summed E-state index contributed by atoms with van der Waals surface area (Å²) in [6.07, 6.45) is 0.753. The third kappa shape index (κ3) is 5.20. The Labute approximate surface area is 131 Å². The molecule has 0 saturated heterocycles. The minimum atomic E-state index is -0.195. The summed E-state index contributed by atoms with van der Waals surface area (Å²) >= 11 is 0. The summed E-state index contributed by atoms with van der Waals surface area (Å²) < 4.78 is 13.1. The van der Waals surface area contributed by atoms with E-state index < -0.39 is 0 Å². The molecule has 0 aliphatic heterocycles. The smallest absolute Gasteiger partial charge is 0.191 e. The van der Waals surface area contributed by atoms with Crippen molar-refractivity contribution in [2.45, 2.75) is 19.9 Å². The van der Waals surface area contributed by atoms with Gasteiger partial charge in [0.25, 0.3) is 0 Å². The molecule has 3 nitrogen and oxygen atoms in total. The van der Waals surface area contributed by atoms with Crippen LogP contribution < -0.4 is 10.6 Å². The van der Waals surface area contributed by atoms with E-state index in [1.807, 2.05) is 6.07 Å². The summed E-state index contributed by atoms with van der Waals surface area (Å²) in [6.45, 7) is 3.50. The molecule has 0 heterocycles. The second-order valence-corrected chi connectivity index (χ2v) is 5.22. The van der Waals surface area contributed by atoms with Gasteiger partial charge in [-0.05, 0) is 36.6 Å². The van der Waals surface area contributed by atoms with Crippen molar-refractivity contribution in [3.8, 4) is 0 Å². The van der Waals surface area contributed by atoms with E-state index in [-0.39, 0.29) is 5.82 Å². The van der Waals surface area contributed by atoms with Gasteiger partial charge in [0.1, 0.15) is 5.82 Å². The van der Waals surface area contributed by atoms with Crippen molar-refractivity contribution in [2.24, 2.45) is 4.99 Å². The zero-order chi connectivity index (χ0) is 15.8. The maximum Gasteiger partial charge on any atom is 0.191 e. The Morgan fingerprint density at radius 2 is 1.82 bits per heavy atom. The SMILES string of the molecule is CN=C(NCCc1cccc(F)c1)NCc1ccc(C)cc1. The molecule has 2 aromatic carbocycles. The van der Waals surface area contributed by atoms with Gasteiger partial charge in [-0.25, -0.2) is 4.39 Å². The molecule has 2 rings (SSSR count). The summed E-state index contributed by atoms with van der Waals surface area (Å²) in [6, 6.07) is 15.1. The predicted molar refractivity (Wildman–Crippen MR) is 89.5 cm³/mol. The van der Waals surface area contributed by atoms with Crippen molar-refractivity contribution >= 4 is 5.96 Å². The monoisotopic (exact) mass is 299 g/mol. The molecule has 0 unspecified atom stereocenters. The fraction of sp³-hybridized carbons (Fsp3) is 0.278. The molecule has 2 aromatic rings. The summed E-state index contributed by atoms with van der Waals surface area (Å²) in [5.41, 5.74) is 3.43. The van der Waals surface area contributed by atoms with E-state index in [1.165, 1.54) is 17.2 Å². The topological polar surface area (TPSA) is 36.4 Å². The van der Waals surface area contributed by atoms with E-state index in [4.69, 9.17) is 0 Å². The van der Waals surface area contributed by atoms with E-state index in [9.17, 15) is 4.39 Å². The zero-order valence-electron chi connectivity index (χ0n) is 13.1. The van der Waals surface area contributed by atoms with E-state index in [2.05, 4.69) is 46.8 Å². The standard InChI is InChI=1S/C18H22FN3/c1-14-6-8-16(9-7-14)13-22-18(20-2)21-11-10-15-4-3-5-17(19)12-15/h3-9,12H,10-11,13H2,1-2H3,(H2,20,21,22). The van der Waals surface area contributed by atoms with Crippen LogP contribution in [-0.2, 0) is 13.0 Å². The van der Waals surface area contributed by atoms with Crippen molar-refractivity contribution < 1.29 is 4.39 Å². The molecule has 0 radical (unpaired) electrons. The van der Waals surface area contributed by atoms with Gasteiger partial charge in [-0.1, -0.05) is 42.0 Å². The number of rotatable bonds is 5. The Hall–Kier alpha value is -2.36. The van der Waals surface area contributed by atoms with E-state index in [0.29, 0.717) is 6.54 Å². The maximum absolute atomic E-state index is 13.1. The minimum Gasteiger partial charge on any atom is -0.356 e. The number of halogens is 1. The molecule has 0 atom stereocenters. The third-order valence-corrected chi connectivity index (χ3v) is 3.40. The molecule has 0 amide bonds. The number of nitrogens with one attached hydrogen (secondary N) is 2. The molecule has 0 spiro atoms. The van der Waals surface area contributed by atoms with Crippen LogP contribution in [0.1, 0.15) is 16.7 Å². The van der Waals surface area contributed by atoms with E-state index in [1.54, 1.807) is 19.2 Å². The summed E-state index contributed by atoms with van der Waals surface area (Å²) in [7, 11) is 1.74. The van der Waals surface area contributed by atoms with Gasteiger partial charge < -0.3 is 10.6 Å². The Balaban J connectivity index is 1.76. The molecule has 0 fully saturated rings. The lowest BCUT2D eigenvalue weighted by atomic mass is 10.1. The average Bonchev–Trinajstić information content (AvgIpc) is 2.52. The van der Waals surface area contributed by atoms with Gasteiger partial charge in [0.2, 0.25) is 0 Å². The van der Waals surface area contributed by atoms with Crippen LogP contribution in [0.25, 0.3) is 0 Å². The molecule has 22 heavy (non-hydrogen) atoms. The number of benzene rings is 2. The average molecular weight is 299 g/mol. The molecular formula is C18H22FN3. The Kier molecular flexibility index (Phi) is 5.95. The van der Waals surface area contributed by atoms with Crippen molar-refractivity contribution in [2.75, 3.05) is 13.6 Å². The number of hydrogen-bond acceptors (Lipinski definition) is 1. The second kappa shape index (κ2) is 8.17. The molecule has 0 aliphatic carbocycles.